The average Bonchev–Trinajstić information content (AvgIpc) is 3.50. The van der Waals surface area contributed by atoms with E-state index in [1.165, 1.54) is 23.8 Å². The van der Waals surface area contributed by atoms with E-state index >= 15 is 0 Å². The van der Waals surface area contributed by atoms with E-state index in [0.717, 1.165) is 65.5 Å². The van der Waals surface area contributed by atoms with Crippen LogP contribution in [0.3, 0.4) is 0 Å². The van der Waals surface area contributed by atoms with Crippen LogP contribution in [-0.4, -0.2) is 46.9 Å². The molecule has 2 aromatic heterocycles. The molecule has 7 heteroatoms. The summed E-state index contributed by atoms with van der Waals surface area (Å²) in [7, 11) is 1.33. The molecular formula is C37H32N4O3. The number of benzene rings is 4. The van der Waals surface area contributed by atoms with Gasteiger partial charge in [0.05, 0.1) is 23.9 Å². The van der Waals surface area contributed by atoms with E-state index in [1.807, 2.05) is 36.4 Å². The van der Waals surface area contributed by atoms with Gasteiger partial charge in [-0.15, -0.1) is 0 Å². The molecule has 2 N–H and O–H groups in total. The number of para-hydroxylation sites is 1. The van der Waals surface area contributed by atoms with Gasteiger partial charge in [0, 0.05) is 47.2 Å². The molecule has 0 bridgehead atoms. The summed E-state index contributed by atoms with van der Waals surface area (Å²) in [4.78, 5) is 36.4. The standard InChI is InChI=1S/C37H32N4O3/c1-44-37(43)30-13-11-27(21-35(30)40-36(42)33-15-12-26-7-4-5-9-31(26)38-33)34-22-29-20-24(10-14-32(29)39-34)16-18-41-19-17-25-6-2-3-8-28(25)23-41/h2-15,20-22,39H,16-19,23H2,1H3,(H,40,42). The fourth-order valence-corrected chi connectivity index (χ4v) is 6.01. The Morgan fingerprint density at radius 3 is 2.61 bits per heavy atom. The lowest BCUT2D eigenvalue weighted by Gasteiger charge is -2.28. The number of hydrogen-bond donors (Lipinski definition) is 2. The quantitative estimate of drug-likeness (QED) is 0.198. The smallest absolute Gasteiger partial charge is 0.339 e. The minimum absolute atomic E-state index is 0.261. The monoisotopic (exact) mass is 580 g/mol. The molecule has 44 heavy (non-hydrogen) atoms. The molecule has 1 amide bonds. The highest BCUT2D eigenvalue weighted by molar-refractivity contribution is 6.08. The lowest BCUT2D eigenvalue weighted by molar-refractivity contribution is 0.0602. The molecule has 0 saturated carbocycles. The van der Waals surface area contributed by atoms with Crippen LogP contribution in [0.25, 0.3) is 33.1 Å². The SMILES string of the molecule is COC(=O)c1ccc(-c2cc3cc(CCN4CCc5ccccc5C4)ccc3[nH]2)cc1NC(=O)c1ccc2ccccc2n1. The summed E-state index contributed by atoms with van der Waals surface area (Å²) in [5.41, 5.74) is 8.56. The number of nitrogens with one attached hydrogen (secondary N) is 2. The largest absolute Gasteiger partial charge is 0.465 e. The number of esters is 1. The number of nitrogens with zero attached hydrogens (tertiary/aromatic N) is 2. The van der Waals surface area contributed by atoms with Crippen LogP contribution in [0.15, 0.2) is 103 Å². The van der Waals surface area contributed by atoms with Gasteiger partial charge >= 0.3 is 5.97 Å². The van der Waals surface area contributed by atoms with Gasteiger partial charge in [-0.3, -0.25) is 9.69 Å². The maximum Gasteiger partial charge on any atom is 0.339 e. The Morgan fingerprint density at radius 2 is 1.73 bits per heavy atom. The molecule has 7 rings (SSSR count). The Bertz CT molecular complexity index is 2030. The molecule has 6 aromatic rings. The van der Waals surface area contributed by atoms with Crippen LogP contribution in [0.5, 0.6) is 0 Å². The molecule has 0 radical (unpaired) electrons. The predicted octanol–water partition coefficient (Wildman–Crippen LogP) is 7.02. The van der Waals surface area contributed by atoms with E-state index in [4.69, 9.17) is 4.74 Å². The number of aromatic amines is 1. The van der Waals surface area contributed by atoms with Crippen molar-refractivity contribution in [3.63, 3.8) is 0 Å². The van der Waals surface area contributed by atoms with Crippen LogP contribution in [0.1, 0.15) is 37.5 Å². The minimum atomic E-state index is -0.531. The highest BCUT2D eigenvalue weighted by atomic mass is 16.5. The lowest BCUT2D eigenvalue weighted by Crippen LogP contribution is -2.32. The van der Waals surface area contributed by atoms with Crippen LogP contribution >= 0.6 is 0 Å². The number of hydrogen-bond acceptors (Lipinski definition) is 5. The number of pyridine rings is 1. The molecule has 218 valence electrons. The van der Waals surface area contributed by atoms with Gasteiger partial charge in [0.2, 0.25) is 0 Å². The van der Waals surface area contributed by atoms with E-state index in [1.54, 1.807) is 18.2 Å². The molecule has 0 fully saturated rings. The Labute approximate surface area is 255 Å². The van der Waals surface area contributed by atoms with Gasteiger partial charge in [0.25, 0.3) is 5.91 Å². The Morgan fingerprint density at radius 1 is 0.886 bits per heavy atom. The molecule has 0 aliphatic carbocycles. The number of H-pyrrole nitrogens is 1. The zero-order valence-corrected chi connectivity index (χ0v) is 24.5. The summed E-state index contributed by atoms with van der Waals surface area (Å²) in [6.07, 6.45) is 2.08. The molecule has 7 nitrogen and oxygen atoms in total. The van der Waals surface area contributed by atoms with Crippen molar-refractivity contribution in [3.05, 3.63) is 131 Å². The Hall–Kier alpha value is -5.27. The second kappa shape index (κ2) is 11.8. The topological polar surface area (TPSA) is 87.3 Å². The molecule has 0 unspecified atom stereocenters. The van der Waals surface area contributed by atoms with Crippen molar-refractivity contribution in [2.24, 2.45) is 0 Å². The van der Waals surface area contributed by atoms with Gasteiger partial charge in [0.1, 0.15) is 5.69 Å². The van der Waals surface area contributed by atoms with Crippen LogP contribution in [-0.2, 0) is 24.1 Å². The normalized spacial score (nSPS) is 13.1. The third-order valence-electron chi connectivity index (χ3n) is 8.43. The maximum atomic E-state index is 13.2. The Balaban J connectivity index is 1.11. The highest BCUT2D eigenvalue weighted by Gasteiger charge is 2.19. The van der Waals surface area contributed by atoms with Crippen LogP contribution in [0, 0.1) is 0 Å². The number of methoxy groups -OCH3 is 1. The molecule has 3 heterocycles. The number of carbonyl (C=O) groups is 2. The van der Waals surface area contributed by atoms with Crippen molar-refractivity contribution >= 4 is 39.4 Å². The molecular weight excluding hydrogens is 548 g/mol. The number of amides is 1. The van der Waals surface area contributed by atoms with Crippen molar-refractivity contribution in [3.8, 4) is 11.3 Å². The van der Waals surface area contributed by atoms with E-state index in [0.29, 0.717) is 5.69 Å². The fourth-order valence-electron chi connectivity index (χ4n) is 6.01. The first-order chi connectivity index (χ1) is 21.5. The van der Waals surface area contributed by atoms with Crippen molar-refractivity contribution in [2.75, 3.05) is 25.5 Å². The molecule has 1 aliphatic rings. The maximum absolute atomic E-state index is 13.2. The van der Waals surface area contributed by atoms with Crippen LogP contribution in [0.4, 0.5) is 5.69 Å². The van der Waals surface area contributed by atoms with Crippen LogP contribution in [0.2, 0.25) is 0 Å². The van der Waals surface area contributed by atoms with Crippen LogP contribution < -0.4 is 5.32 Å². The number of rotatable bonds is 7. The van der Waals surface area contributed by atoms with Crippen molar-refractivity contribution in [1.29, 1.82) is 0 Å². The zero-order valence-electron chi connectivity index (χ0n) is 24.5. The highest BCUT2D eigenvalue weighted by Crippen LogP contribution is 2.30. The molecule has 0 atom stereocenters. The number of aromatic nitrogens is 2. The third kappa shape index (κ3) is 5.57. The third-order valence-corrected chi connectivity index (χ3v) is 8.43. The Kier molecular flexibility index (Phi) is 7.38. The summed E-state index contributed by atoms with van der Waals surface area (Å²) in [6, 6.07) is 33.9. The first kappa shape index (κ1) is 27.6. The van der Waals surface area contributed by atoms with Gasteiger partial charge < -0.3 is 15.0 Å². The zero-order chi connectivity index (χ0) is 30.0. The van der Waals surface area contributed by atoms with E-state index < -0.39 is 11.9 Å². The number of ether oxygens (including phenoxy) is 1. The summed E-state index contributed by atoms with van der Waals surface area (Å²) in [6.45, 7) is 3.11. The fraction of sp³-hybridized carbons (Fsp3) is 0.162. The summed E-state index contributed by atoms with van der Waals surface area (Å²) >= 11 is 0. The number of fused-ring (bicyclic) bond motifs is 3. The summed E-state index contributed by atoms with van der Waals surface area (Å²) in [5.74, 6) is -0.937. The minimum Gasteiger partial charge on any atom is -0.465 e. The van der Waals surface area contributed by atoms with E-state index in [-0.39, 0.29) is 11.3 Å². The van der Waals surface area contributed by atoms with Gasteiger partial charge in [-0.1, -0.05) is 60.7 Å². The molecule has 4 aromatic carbocycles. The van der Waals surface area contributed by atoms with E-state index in [2.05, 4.69) is 68.7 Å². The van der Waals surface area contributed by atoms with Gasteiger partial charge in [-0.25, -0.2) is 9.78 Å². The van der Waals surface area contributed by atoms with Crippen molar-refractivity contribution in [2.45, 2.75) is 19.4 Å². The van der Waals surface area contributed by atoms with Crippen molar-refractivity contribution < 1.29 is 14.3 Å². The number of carbonyl (C=O) groups excluding carboxylic acids is 2. The van der Waals surface area contributed by atoms with E-state index in [9.17, 15) is 9.59 Å². The molecule has 1 aliphatic heterocycles. The first-order valence-corrected chi connectivity index (χ1v) is 14.8. The van der Waals surface area contributed by atoms with Gasteiger partial charge in [-0.2, -0.15) is 0 Å². The second-order valence-corrected chi connectivity index (χ2v) is 11.2. The predicted molar refractivity (Wildman–Crippen MR) is 174 cm³/mol. The lowest BCUT2D eigenvalue weighted by atomic mass is 9.99. The molecule has 0 saturated heterocycles. The molecule has 0 spiro atoms. The first-order valence-electron chi connectivity index (χ1n) is 14.8. The van der Waals surface area contributed by atoms with Gasteiger partial charge in [0.15, 0.2) is 0 Å². The second-order valence-electron chi connectivity index (χ2n) is 11.2. The summed E-state index contributed by atoms with van der Waals surface area (Å²) < 4.78 is 5.00. The number of anilines is 1. The van der Waals surface area contributed by atoms with Crippen molar-refractivity contribution in [1.82, 2.24) is 14.9 Å². The van der Waals surface area contributed by atoms with Gasteiger partial charge in [-0.05, 0) is 72.0 Å². The average molecular weight is 581 g/mol. The summed E-state index contributed by atoms with van der Waals surface area (Å²) in [5, 5.41) is 4.95.